The molecule has 7 heteroatoms. The van der Waals surface area contributed by atoms with Gasteiger partial charge in [-0.2, -0.15) is 13.2 Å². The van der Waals surface area contributed by atoms with Crippen molar-refractivity contribution in [1.29, 1.82) is 0 Å². The molecule has 1 aromatic rings. The number of benzene rings is 1. The van der Waals surface area contributed by atoms with E-state index in [1.165, 1.54) is 0 Å². The molecule has 3 nitrogen and oxygen atoms in total. The highest BCUT2D eigenvalue weighted by Crippen LogP contribution is 2.35. The Balaban J connectivity index is 3.50. The highest BCUT2D eigenvalue weighted by Gasteiger charge is 2.37. The molecule has 88 valence electrons. The van der Waals surface area contributed by atoms with Gasteiger partial charge in [-0.3, -0.25) is 0 Å². The summed E-state index contributed by atoms with van der Waals surface area (Å²) in [6, 6.07) is 1.19. The number of halogens is 4. The van der Waals surface area contributed by atoms with Gasteiger partial charge >= 0.3 is 12.1 Å². The van der Waals surface area contributed by atoms with E-state index in [1.54, 1.807) is 0 Å². The van der Waals surface area contributed by atoms with E-state index in [0.29, 0.717) is 6.07 Å². The molecule has 16 heavy (non-hydrogen) atoms. The van der Waals surface area contributed by atoms with Crippen molar-refractivity contribution in [2.24, 2.45) is 0 Å². The van der Waals surface area contributed by atoms with Crippen LogP contribution in [0.15, 0.2) is 12.1 Å². The van der Waals surface area contributed by atoms with Gasteiger partial charge in [0.1, 0.15) is 11.3 Å². The van der Waals surface area contributed by atoms with Crippen LogP contribution in [0.1, 0.15) is 15.9 Å². The van der Waals surface area contributed by atoms with E-state index >= 15 is 0 Å². The minimum atomic E-state index is -4.94. The van der Waals surface area contributed by atoms with E-state index in [9.17, 15) is 22.4 Å². The van der Waals surface area contributed by atoms with Crippen LogP contribution < -0.4 is 4.74 Å². The van der Waals surface area contributed by atoms with Gasteiger partial charge in [0.25, 0.3) is 0 Å². The van der Waals surface area contributed by atoms with E-state index < -0.39 is 34.8 Å². The average Bonchev–Trinajstić information content (AvgIpc) is 2.14. The van der Waals surface area contributed by atoms with Gasteiger partial charge in [0.2, 0.25) is 0 Å². The Morgan fingerprint density at radius 2 is 1.94 bits per heavy atom. The highest BCUT2D eigenvalue weighted by molar-refractivity contribution is 5.91. The van der Waals surface area contributed by atoms with E-state index in [4.69, 9.17) is 5.11 Å². The third kappa shape index (κ3) is 2.07. The molecule has 0 aliphatic carbocycles. The first-order valence-electron chi connectivity index (χ1n) is 3.96. The van der Waals surface area contributed by atoms with Crippen LogP contribution in [0.25, 0.3) is 0 Å². The fourth-order valence-corrected chi connectivity index (χ4v) is 1.15. The van der Waals surface area contributed by atoms with Crippen molar-refractivity contribution in [1.82, 2.24) is 0 Å². The Bertz CT molecular complexity index is 425. The molecule has 1 aromatic carbocycles. The minimum absolute atomic E-state index is 0.431. The second kappa shape index (κ2) is 3.99. The van der Waals surface area contributed by atoms with Gasteiger partial charge in [-0.25, -0.2) is 9.18 Å². The summed E-state index contributed by atoms with van der Waals surface area (Å²) in [7, 11) is 1.04. The molecule has 0 heterocycles. The van der Waals surface area contributed by atoms with Gasteiger partial charge in [-0.05, 0) is 12.1 Å². The van der Waals surface area contributed by atoms with Gasteiger partial charge in [0.15, 0.2) is 5.82 Å². The van der Waals surface area contributed by atoms with Crippen LogP contribution in [0, 0.1) is 5.82 Å². The third-order valence-electron chi connectivity index (χ3n) is 1.84. The summed E-state index contributed by atoms with van der Waals surface area (Å²) in [5.74, 6) is -4.13. The monoisotopic (exact) mass is 238 g/mol. The maximum Gasteiger partial charge on any atom is 0.419 e. The number of hydrogen-bond acceptors (Lipinski definition) is 2. The Kier molecular flexibility index (Phi) is 3.06. The number of carboxylic acid groups (broad SMARTS) is 1. The molecular formula is C9H6F4O3. The first-order valence-corrected chi connectivity index (χ1v) is 3.96. The van der Waals surface area contributed by atoms with Gasteiger partial charge in [-0.15, -0.1) is 0 Å². The van der Waals surface area contributed by atoms with Crippen molar-refractivity contribution in [3.63, 3.8) is 0 Å². The van der Waals surface area contributed by atoms with Crippen LogP contribution in [0.2, 0.25) is 0 Å². The predicted molar refractivity (Wildman–Crippen MR) is 44.9 cm³/mol. The van der Waals surface area contributed by atoms with E-state index in [1.807, 2.05) is 0 Å². The number of aromatic carboxylic acids is 1. The van der Waals surface area contributed by atoms with Crippen LogP contribution >= 0.6 is 0 Å². The molecule has 0 spiro atoms. The smallest absolute Gasteiger partial charge is 0.419 e. The molecule has 0 aliphatic heterocycles. The average molecular weight is 238 g/mol. The number of carbonyl (C=O) groups is 1. The molecule has 0 fully saturated rings. The van der Waals surface area contributed by atoms with Crippen molar-refractivity contribution in [3.05, 3.63) is 29.1 Å². The number of rotatable bonds is 2. The lowest BCUT2D eigenvalue weighted by Crippen LogP contribution is -2.13. The fraction of sp³-hybridized carbons (Fsp3) is 0.222. The number of carboxylic acids is 1. The summed E-state index contributed by atoms with van der Waals surface area (Å²) in [6.45, 7) is 0. The Labute approximate surface area is 87.3 Å². The van der Waals surface area contributed by atoms with Crippen LogP contribution in [-0.2, 0) is 6.18 Å². The molecule has 0 atom stereocenters. The maximum absolute atomic E-state index is 13.3. The summed E-state index contributed by atoms with van der Waals surface area (Å²) in [5, 5.41) is 8.58. The number of ether oxygens (including phenoxy) is 1. The molecule has 0 amide bonds. The van der Waals surface area contributed by atoms with Crippen molar-refractivity contribution >= 4 is 5.97 Å². The lowest BCUT2D eigenvalue weighted by Gasteiger charge is -2.12. The molecule has 0 aromatic heterocycles. The standard InChI is InChI=1S/C9H6F4O3/c1-16-5-3-2-4(9(11,12)13)7(10)6(5)8(14)15/h2-3H,1H3,(H,14,15). The van der Waals surface area contributed by atoms with E-state index in [0.717, 1.165) is 13.2 Å². The van der Waals surface area contributed by atoms with Crippen LogP contribution in [-0.4, -0.2) is 18.2 Å². The molecule has 0 saturated heterocycles. The first-order chi connectivity index (χ1) is 7.29. The molecule has 0 radical (unpaired) electrons. The summed E-state index contributed by atoms with van der Waals surface area (Å²) in [6.07, 6.45) is -4.94. The second-order valence-corrected chi connectivity index (χ2v) is 2.81. The van der Waals surface area contributed by atoms with Gasteiger partial charge in [-0.1, -0.05) is 0 Å². The lowest BCUT2D eigenvalue weighted by molar-refractivity contribution is -0.140. The lowest BCUT2D eigenvalue weighted by atomic mass is 10.1. The largest absolute Gasteiger partial charge is 0.496 e. The first kappa shape index (κ1) is 12.3. The van der Waals surface area contributed by atoms with Crippen LogP contribution in [0.4, 0.5) is 17.6 Å². The van der Waals surface area contributed by atoms with Crippen molar-refractivity contribution in [2.45, 2.75) is 6.18 Å². The fourth-order valence-electron chi connectivity index (χ4n) is 1.15. The summed E-state index contributed by atoms with van der Waals surface area (Å²) in [4.78, 5) is 10.6. The predicted octanol–water partition coefficient (Wildman–Crippen LogP) is 2.55. The molecule has 1 rings (SSSR count). The molecule has 0 bridgehead atoms. The maximum atomic E-state index is 13.3. The van der Waals surface area contributed by atoms with E-state index in [-0.39, 0.29) is 0 Å². The van der Waals surface area contributed by atoms with Gasteiger partial charge in [0, 0.05) is 0 Å². The van der Waals surface area contributed by atoms with Crippen LogP contribution in [0.5, 0.6) is 5.75 Å². The molecule has 1 N–H and O–H groups in total. The minimum Gasteiger partial charge on any atom is -0.496 e. The Hall–Kier alpha value is -1.79. The van der Waals surface area contributed by atoms with Crippen LogP contribution in [0.3, 0.4) is 0 Å². The number of alkyl halides is 3. The SMILES string of the molecule is COc1ccc(C(F)(F)F)c(F)c1C(=O)O. The van der Waals surface area contributed by atoms with Gasteiger partial charge in [0.05, 0.1) is 12.7 Å². The molecule has 0 unspecified atom stereocenters. The van der Waals surface area contributed by atoms with E-state index in [2.05, 4.69) is 4.74 Å². The zero-order chi connectivity index (χ0) is 12.5. The highest BCUT2D eigenvalue weighted by atomic mass is 19.4. The topological polar surface area (TPSA) is 46.5 Å². The quantitative estimate of drug-likeness (QED) is 0.805. The molecular weight excluding hydrogens is 232 g/mol. The van der Waals surface area contributed by atoms with Gasteiger partial charge < -0.3 is 9.84 Å². The Morgan fingerprint density at radius 3 is 2.31 bits per heavy atom. The number of methoxy groups -OCH3 is 1. The summed E-state index contributed by atoms with van der Waals surface area (Å²) in [5.41, 5.74) is -2.76. The normalized spacial score (nSPS) is 11.3. The third-order valence-corrected chi connectivity index (χ3v) is 1.84. The summed E-state index contributed by atoms with van der Waals surface area (Å²) >= 11 is 0. The zero-order valence-electron chi connectivity index (χ0n) is 7.93. The second-order valence-electron chi connectivity index (χ2n) is 2.81. The number of hydrogen-bond donors (Lipinski definition) is 1. The molecule has 0 aliphatic rings. The van der Waals surface area contributed by atoms with Crippen molar-refractivity contribution in [3.8, 4) is 5.75 Å². The zero-order valence-corrected chi connectivity index (χ0v) is 7.93. The van der Waals surface area contributed by atoms with Crippen molar-refractivity contribution < 1.29 is 32.2 Å². The summed E-state index contributed by atoms with van der Waals surface area (Å²) < 4.78 is 54.5. The van der Waals surface area contributed by atoms with Crippen molar-refractivity contribution in [2.75, 3.05) is 7.11 Å². The molecule has 0 saturated carbocycles. The Morgan fingerprint density at radius 1 is 1.38 bits per heavy atom.